The third kappa shape index (κ3) is 17.6. The van der Waals surface area contributed by atoms with Crippen molar-refractivity contribution < 1.29 is 66.7 Å². The number of nitrogens with zero attached hydrogens (tertiary/aromatic N) is 2. The second kappa shape index (κ2) is 31.0. The van der Waals surface area contributed by atoms with Crippen LogP contribution in [0.4, 0.5) is 0 Å². The Morgan fingerprint density at radius 3 is 1.30 bits per heavy atom. The van der Waals surface area contributed by atoms with Gasteiger partial charge in [0.25, 0.3) is 0 Å². The third-order valence-corrected chi connectivity index (χ3v) is 14.9. The summed E-state index contributed by atoms with van der Waals surface area (Å²) in [7, 11) is 0. The van der Waals surface area contributed by atoms with Crippen LogP contribution in [0, 0.1) is 23.7 Å². The number of hydrogen-bond donors (Lipinski definition) is 0. The molecule has 3 aliphatic carbocycles. The number of benzene rings is 5. The van der Waals surface area contributed by atoms with Crippen LogP contribution in [0.15, 0.2) is 138 Å². The quantitative estimate of drug-likeness (QED) is 0.0112. The van der Waals surface area contributed by atoms with E-state index in [-0.39, 0.29) is 41.2 Å². The number of esters is 6. The summed E-state index contributed by atoms with van der Waals surface area (Å²) in [4.78, 5) is 76.4. The number of fused-ring (bicyclic) bond motifs is 3. The van der Waals surface area contributed by atoms with Crippen LogP contribution in [0.1, 0.15) is 133 Å². The van der Waals surface area contributed by atoms with Gasteiger partial charge in [0.1, 0.15) is 40.2 Å². The molecule has 0 aromatic heterocycles. The zero-order chi connectivity index (χ0) is 57.5. The molecule has 0 atom stereocenters. The van der Waals surface area contributed by atoms with Gasteiger partial charge in [-0.3, -0.25) is 24.0 Å². The van der Waals surface area contributed by atoms with Gasteiger partial charge in [0.05, 0.1) is 56.3 Å². The summed E-state index contributed by atoms with van der Waals surface area (Å²) in [5, 5.41) is 9.17. The molecule has 0 bridgehead atoms. The highest BCUT2D eigenvalue weighted by Gasteiger charge is 2.34. The SMILES string of the molecule is C=CC(=O)OCCCCCCOc1ccc(OC(=O)C2CCC(C(=O)Oc3ccc(OC(=O)C4CCC(C(=O)Oc5ccc(OCCCCCCOC(=O)CC)cc5)CC4)cc3/C=N/N=C3c4ccccc4-c4ccccc43)CC2)cc1. The van der Waals surface area contributed by atoms with E-state index in [4.69, 9.17) is 37.9 Å². The van der Waals surface area contributed by atoms with Crippen LogP contribution >= 0.6 is 0 Å². The van der Waals surface area contributed by atoms with E-state index >= 15 is 0 Å². The van der Waals surface area contributed by atoms with E-state index in [0.717, 1.165) is 79.7 Å². The van der Waals surface area contributed by atoms with Crippen LogP contribution in [-0.4, -0.2) is 74.2 Å². The minimum atomic E-state index is -0.472. The van der Waals surface area contributed by atoms with E-state index in [9.17, 15) is 28.8 Å². The van der Waals surface area contributed by atoms with Crippen molar-refractivity contribution in [3.63, 3.8) is 0 Å². The first-order valence-electron chi connectivity index (χ1n) is 28.8. The number of carbonyl (C=O) groups is 6. The van der Waals surface area contributed by atoms with Gasteiger partial charge in [-0.2, -0.15) is 5.10 Å². The Morgan fingerprint density at radius 2 is 0.854 bits per heavy atom. The summed E-state index contributed by atoms with van der Waals surface area (Å²) in [6.45, 7) is 7.05. The van der Waals surface area contributed by atoms with Crippen molar-refractivity contribution in [2.45, 2.75) is 116 Å². The van der Waals surface area contributed by atoms with E-state index in [1.54, 1.807) is 73.7 Å². The molecule has 2 fully saturated rings. The maximum absolute atomic E-state index is 13.8. The second-order valence-corrected chi connectivity index (χ2v) is 20.7. The monoisotopic (exact) mass is 1120 g/mol. The lowest BCUT2D eigenvalue weighted by Crippen LogP contribution is -2.30. The molecule has 0 aliphatic heterocycles. The van der Waals surface area contributed by atoms with Crippen LogP contribution in [0.25, 0.3) is 11.1 Å². The van der Waals surface area contributed by atoms with Crippen LogP contribution < -0.4 is 28.4 Å². The van der Waals surface area contributed by atoms with Crippen LogP contribution in [0.3, 0.4) is 0 Å². The number of ether oxygens (including phenoxy) is 8. The van der Waals surface area contributed by atoms with Gasteiger partial charge in [-0.15, -0.1) is 5.10 Å². The topological polar surface area (TPSA) is 201 Å². The first-order chi connectivity index (χ1) is 40.0. The molecule has 0 unspecified atom stereocenters. The Labute approximate surface area is 479 Å². The molecule has 0 N–H and O–H groups in total. The fraction of sp³-hybridized carbons (Fsp3) is 0.394. The largest absolute Gasteiger partial charge is 0.494 e. The molecule has 5 aromatic carbocycles. The summed E-state index contributed by atoms with van der Waals surface area (Å²) in [6.07, 6.45) is 13.6. The summed E-state index contributed by atoms with van der Waals surface area (Å²) >= 11 is 0. The standard InChI is InChI=1S/C66H72N2O14/c1-3-60(69)77-41-15-7-5-13-39-75-50-29-33-52(34-30-50)79-63(71)45-21-23-47(24-22-45)65(73)81-54-37-38-59(49(43-54)44-67-68-62-57-19-11-9-17-55(57)56-18-10-12-20-58(56)62)82-66(74)48-27-25-46(26-28-48)64(72)80-53-35-31-51(32-36-53)76-40-14-6-8-16-42-78-61(70)4-2/h4,9-12,17-20,29-38,43-48H,2-3,5-8,13-16,21-28,39-42H2,1H3/b67-44+. The molecule has 430 valence electrons. The highest BCUT2D eigenvalue weighted by molar-refractivity contribution is 6.24. The maximum atomic E-state index is 13.8. The molecular formula is C66H72N2O14. The second-order valence-electron chi connectivity index (χ2n) is 20.7. The summed E-state index contributed by atoms with van der Waals surface area (Å²) in [5.74, 6) is -1.29. The van der Waals surface area contributed by atoms with Gasteiger partial charge in [-0.05, 0) is 181 Å². The molecule has 3 aliphatic rings. The average Bonchev–Trinajstić information content (AvgIpc) is 4.09. The molecule has 2 saturated carbocycles. The predicted octanol–water partition coefficient (Wildman–Crippen LogP) is 12.7. The van der Waals surface area contributed by atoms with Crippen LogP contribution in [-0.2, 0) is 38.2 Å². The molecule has 0 amide bonds. The van der Waals surface area contributed by atoms with Crippen LogP contribution in [0.2, 0.25) is 0 Å². The molecular weight excluding hydrogens is 1040 g/mol. The van der Waals surface area contributed by atoms with E-state index in [1.807, 2.05) is 48.5 Å². The Bertz CT molecular complexity index is 2990. The molecule has 0 radical (unpaired) electrons. The molecule has 0 heterocycles. The van der Waals surface area contributed by atoms with Gasteiger partial charge in [0.15, 0.2) is 0 Å². The molecule has 16 heteroatoms. The van der Waals surface area contributed by atoms with E-state index in [0.29, 0.717) is 118 Å². The van der Waals surface area contributed by atoms with Gasteiger partial charge >= 0.3 is 35.8 Å². The number of unbranched alkanes of at least 4 members (excludes halogenated alkanes) is 6. The number of hydrogen-bond acceptors (Lipinski definition) is 16. The van der Waals surface area contributed by atoms with Gasteiger partial charge in [0, 0.05) is 29.2 Å². The fourth-order valence-corrected chi connectivity index (χ4v) is 10.2. The Morgan fingerprint density at radius 1 is 0.463 bits per heavy atom. The van der Waals surface area contributed by atoms with E-state index < -0.39 is 29.7 Å². The molecule has 5 aromatic rings. The highest BCUT2D eigenvalue weighted by atomic mass is 16.6. The van der Waals surface area contributed by atoms with Gasteiger partial charge < -0.3 is 37.9 Å². The third-order valence-electron chi connectivity index (χ3n) is 14.9. The number of carbonyl (C=O) groups excluding carboxylic acids is 6. The Kier molecular flexibility index (Phi) is 22.6. The zero-order valence-corrected chi connectivity index (χ0v) is 46.6. The van der Waals surface area contributed by atoms with E-state index in [1.165, 1.54) is 6.21 Å². The average molecular weight is 1120 g/mol. The van der Waals surface area contributed by atoms with Crippen molar-refractivity contribution in [3.05, 3.63) is 145 Å². The van der Waals surface area contributed by atoms with Crippen molar-refractivity contribution >= 4 is 47.7 Å². The highest BCUT2D eigenvalue weighted by Crippen LogP contribution is 2.38. The van der Waals surface area contributed by atoms with Crippen molar-refractivity contribution in [1.29, 1.82) is 0 Å². The van der Waals surface area contributed by atoms with Gasteiger partial charge in [0.2, 0.25) is 0 Å². The zero-order valence-electron chi connectivity index (χ0n) is 46.6. The van der Waals surface area contributed by atoms with E-state index in [2.05, 4.69) is 16.8 Å². The predicted molar refractivity (Wildman–Crippen MR) is 308 cm³/mol. The van der Waals surface area contributed by atoms with Gasteiger partial charge in [-0.1, -0.05) is 62.0 Å². The van der Waals surface area contributed by atoms with Crippen molar-refractivity contribution in [3.8, 4) is 45.6 Å². The molecule has 8 rings (SSSR count). The lowest BCUT2D eigenvalue weighted by Gasteiger charge is -2.26. The maximum Gasteiger partial charge on any atom is 0.330 e. The molecule has 0 saturated heterocycles. The minimum Gasteiger partial charge on any atom is -0.494 e. The smallest absolute Gasteiger partial charge is 0.330 e. The molecule has 82 heavy (non-hydrogen) atoms. The first kappa shape index (κ1) is 59.7. The molecule has 0 spiro atoms. The summed E-state index contributed by atoms with van der Waals surface area (Å²) < 4.78 is 45.3. The van der Waals surface area contributed by atoms with Crippen molar-refractivity contribution in [1.82, 2.24) is 0 Å². The normalized spacial score (nSPS) is 17.1. The molecule has 16 nitrogen and oxygen atoms in total. The lowest BCUT2D eigenvalue weighted by atomic mass is 9.82. The minimum absolute atomic E-state index is 0.178. The Balaban J connectivity index is 0.818. The summed E-state index contributed by atoms with van der Waals surface area (Å²) in [6, 6.07) is 34.6. The fourth-order valence-electron chi connectivity index (χ4n) is 10.2. The lowest BCUT2D eigenvalue weighted by molar-refractivity contribution is -0.145. The summed E-state index contributed by atoms with van der Waals surface area (Å²) in [5.41, 5.74) is 5.03. The van der Waals surface area contributed by atoms with Crippen molar-refractivity contribution in [2.24, 2.45) is 33.9 Å². The van der Waals surface area contributed by atoms with Gasteiger partial charge in [-0.25, -0.2) is 4.79 Å². The van der Waals surface area contributed by atoms with Crippen LogP contribution in [0.5, 0.6) is 34.5 Å². The van der Waals surface area contributed by atoms with Crippen molar-refractivity contribution in [2.75, 3.05) is 26.4 Å². The first-order valence-corrected chi connectivity index (χ1v) is 28.8. The Hall–Kier alpha value is -8.40. The number of rotatable bonds is 28.